The van der Waals surface area contributed by atoms with Crippen molar-refractivity contribution < 1.29 is 4.42 Å². The van der Waals surface area contributed by atoms with E-state index in [1.165, 1.54) is 0 Å². The molecule has 0 bridgehead atoms. The molecule has 0 amide bonds. The largest absolute Gasteiger partial charge is 0.409 e. The first-order chi connectivity index (χ1) is 6.77. The van der Waals surface area contributed by atoms with E-state index in [0.29, 0.717) is 5.89 Å². The number of H-pyrrole nitrogens is 1. The molecule has 2 rings (SSSR count). The van der Waals surface area contributed by atoms with Gasteiger partial charge < -0.3 is 4.42 Å². The highest BCUT2D eigenvalue weighted by Crippen LogP contribution is 2.18. The monoisotopic (exact) mass is 204 g/mol. The zero-order valence-corrected chi connectivity index (χ0v) is 8.17. The summed E-state index contributed by atoms with van der Waals surface area (Å²) in [7, 11) is 0. The summed E-state index contributed by atoms with van der Waals surface area (Å²) in [5.41, 5.74) is 1.69. The minimum absolute atomic E-state index is 0.261. The fourth-order valence-electron chi connectivity index (χ4n) is 1.12. The first kappa shape index (κ1) is 8.90. The molecule has 0 fully saturated rings. The minimum Gasteiger partial charge on any atom is -0.409 e. The van der Waals surface area contributed by atoms with Gasteiger partial charge in [-0.1, -0.05) is 36.9 Å². The van der Waals surface area contributed by atoms with E-state index in [0.717, 1.165) is 11.1 Å². The normalized spacial score (nSPS) is 10.0. The Morgan fingerprint density at radius 3 is 2.64 bits per heavy atom. The van der Waals surface area contributed by atoms with Crippen LogP contribution >= 0.6 is 12.2 Å². The van der Waals surface area contributed by atoms with E-state index >= 15 is 0 Å². The van der Waals surface area contributed by atoms with Crippen molar-refractivity contribution in [2.24, 2.45) is 0 Å². The maximum Gasteiger partial charge on any atom is 0.284 e. The molecule has 0 spiro atoms. The lowest BCUT2D eigenvalue weighted by atomic mass is 10.1. The van der Waals surface area contributed by atoms with Gasteiger partial charge in [-0.15, -0.1) is 5.10 Å². The number of benzene rings is 1. The van der Waals surface area contributed by atoms with E-state index in [9.17, 15) is 0 Å². The molecule has 1 aromatic carbocycles. The Labute approximate surface area is 86.1 Å². The van der Waals surface area contributed by atoms with Gasteiger partial charge in [-0.2, -0.15) is 0 Å². The van der Waals surface area contributed by atoms with Gasteiger partial charge in [0.15, 0.2) is 0 Å². The summed E-state index contributed by atoms with van der Waals surface area (Å²) in [6.45, 7) is 3.89. The number of rotatable bonds is 2. The van der Waals surface area contributed by atoms with Gasteiger partial charge in [-0.3, -0.25) is 0 Å². The molecule has 0 aliphatic carbocycles. The molecule has 0 saturated heterocycles. The fraction of sp³-hybridized carbons (Fsp3) is 0. The third-order valence-electron chi connectivity index (χ3n) is 1.82. The SMILES string of the molecule is C=C(c1ccccc1)c1n[nH]c(=S)o1. The molecule has 0 saturated carbocycles. The second-order valence-corrected chi connectivity index (χ2v) is 3.13. The van der Waals surface area contributed by atoms with E-state index in [1.54, 1.807) is 0 Å². The molecule has 0 radical (unpaired) electrons. The number of aromatic nitrogens is 2. The smallest absolute Gasteiger partial charge is 0.284 e. The van der Waals surface area contributed by atoms with E-state index in [4.69, 9.17) is 16.6 Å². The zero-order valence-electron chi connectivity index (χ0n) is 7.36. The van der Waals surface area contributed by atoms with Crippen molar-refractivity contribution in [3.8, 4) is 0 Å². The molecule has 0 unspecified atom stereocenters. The Morgan fingerprint density at radius 1 is 1.36 bits per heavy atom. The van der Waals surface area contributed by atoms with Crippen LogP contribution in [-0.4, -0.2) is 10.2 Å². The number of hydrogen-bond acceptors (Lipinski definition) is 3. The molecule has 3 nitrogen and oxygen atoms in total. The highest BCUT2D eigenvalue weighted by atomic mass is 32.1. The van der Waals surface area contributed by atoms with E-state index < -0.39 is 0 Å². The standard InChI is InChI=1S/C10H8N2OS/c1-7(8-5-3-2-4-6-8)9-11-12-10(14)13-9/h2-6H,1H2,(H,12,14). The summed E-state index contributed by atoms with van der Waals surface area (Å²) < 4.78 is 5.15. The van der Waals surface area contributed by atoms with Crippen LogP contribution in [0.15, 0.2) is 41.3 Å². The fourth-order valence-corrected chi connectivity index (χ4v) is 1.25. The number of aromatic amines is 1. The van der Waals surface area contributed by atoms with Crippen molar-refractivity contribution in [1.29, 1.82) is 0 Å². The lowest BCUT2D eigenvalue weighted by molar-refractivity contribution is 0.524. The summed E-state index contributed by atoms with van der Waals surface area (Å²) in [5.74, 6) is 0.432. The van der Waals surface area contributed by atoms with Gasteiger partial charge in [-0.25, -0.2) is 5.10 Å². The topological polar surface area (TPSA) is 41.8 Å². The predicted molar refractivity (Wildman–Crippen MR) is 56.3 cm³/mol. The molecule has 0 aliphatic heterocycles. The minimum atomic E-state index is 0.261. The van der Waals surface area contributed by atoms with Gasteiger partial charge in [0, 0.05) is 5.57 Å². The number of nitrogens with one attached hydrogen (secondary N) is 1. The van der Waals surface area contributed by atoms with Gasteiger partial charge in [0.25, 0.3) is 4.84 Å². The molecule has 0 atom stereocenters. The van der Waals surface area contributed by atoms with Crippen molar-refractivity contribution >= 4 is 17.8 Å². The Morgan fingerprint density at radius 2 is 2.07 bits per heavy atom. The molecule has 4 heteroatoms. The highest BCUT2D eigenvalue weighted by Gasteiger charge is 2.06. The van der Waals surface area contributed by atoms with Crippen LogP contribution in [0.1, 0.15) is 11.5 Å². The Bertz CT molecular complexity index is 498. The molecule has 1 aromatic heterocycles. The van der Waals surface area contributed by atoms with Crippen molar-refractivity contribution in [3.05, 3.63) is 53.2 Å². The summed E-state index contributed by atoms with van der Waals surface area (Å²) in [5, 5.41) is 6.45. The third kappa shape index (κ3) is 1.65. The van der Waals surface area contributed by atoms with Crippen LogP contribution in [0.4, 0.5) is 0 Å². The zero-order chi connectivity index (χ0) is 9.97. The molecular formula is C10H8N2OS. The van der Waals surface area contributed by atoms with E-state index in [-0.39, 0.29) is 4.84 Å². The van der Waals surface area contributed by atoms with Gasteiger partial charge in [-0.05, 0) is 17.8 Å². The molecule has 0 aliphatic rings. The highest BCUT2D eigenvalue weighted by molar-refractivity contribution is 7.71. The molecule has 1 heterocycles. The molecule has 1 N–H and O–H groups in total. The quantitative estimate of drug-likeness (QED) is 0.765. The lowest BCUT2D eigenvalue weighted by Crippen LogP contribution is -1.85. The molecular weight excluding hydrogens is 196 g/mol. The summed E-state index contributed by atoms with van der Waals surface area (Å²) in [4.78, 5) is 0.261. The summed E-state index contributed by atoms with van der Waals surface area (Å²) in [6, 6.07) is 9.69. The van der Waals surface area contributed by atoms with Gasteiger partial charge in [0.2, 0.25) is 5.89 Å². The Hall–Kier alpha value is -1.68. The van der Waals surface area contributed by atoms with Crippen molar-refractivity contribution in [2.75, 3.05) is 0 Å². The van der Waals surface area contributed by atoms with Gasteiger partial charge in [0.1, 0.15) is 0 Å². The second-order valence-electron chi connectivity index (χ2n) is 2.76. The second kappa shape index (κ2) is 3.59. The van der Waals surface area contributed by atoms with Crippen molar-refractivity contribution in [1.82, 2.24) is 10.2 Å². The molecule has 70 valence electrons. The van der Waals surface area contributed by atoms with Crippen LogP contribution in [0.3, 0.4) is 0 Å². The Kier molecular flexibility index (Phi) is 2.28. The van der Waals surface area contributed by atoms with Crippen LogP contribution in [0.5, 0.6) is 0 Å². The maximum atomic E-state index is 5.15. The van der Waals surface area contributed by atoms with Crippen molar-refractivity contribution in [2.45, 2.75) is 0 Å². The predicted octanol–water partition coefficient (Wildman–Crippen LogP) is 2.79. The van der Waals surface area contributed by atoms with Crippen molar-refractivity contribution in [3.63, 3.8) is 0 Å². The number of hydrogen-bond donors (Lipinski definition) is 1. The van der Waals surface area contributed by atoms with E-state index in [1.807, 2.05) is 30.3 Å². The van der Waals surface area contributed by atoms with Crippen LogP contribution < -0.4 is 0 Å². The average Bonchev–Trinajstić information content (AvgIpc) is 2.65. The van der Waals surface area contributed by atoms with Crippen LogP contribution in [0.2, 0.25) is 0 Å². The molecule has 2 aromatic rings. The Balaban J connectivity index is 2.38. The van der Waals surface area contributed by atoms with Crippen LogP contribution in [0, 0.1) is 4.84 Å². The third-order valence-corrected chi connectivity index (χ3v) is 1.99. The maximum absolute atomic E-state index is 5.15. The van der Waals surface area contributed by atoms with Gasteiger partial charge in [0.05, 0.1) is 0 Å². The summed E-state index contributed by atoms with van der Waals surface area (Å²) in [6.07, 6.45) is 0. The summed E-state index contributed by atoms with van der Waals surface area (Å²) >= 11 is 4.78. The van der Waals surface area contributed by atoms with Crippen LogP contribution in [-0.2, 0) is 0 Å². The number of nitrogens with zero attached hydrogens (tertiary/aromatic N) is 1. The van der Waals surface area contributed by atoms with E-state index in [2.05, 4.69) is 16.8 Å². The average molecular weight is 204 g/mol. The van der Waals surface area contributed by atoms with Gasteiger partial charge >= 0.3 is 0 Å². The first-order valence-electron chi connectivity index (χ1n) is 4.07. The van der Waals surface area contributed by atoms with Crippen LogP contribution in [0.25, 0.3) is 5.57 Å². The lowest BCUT2D eigenvalue weighted by Gasteiger charge is -1.98. The molecule has 14 heavy (non-hydrogen) atoms. The first-order valence-corrected chi connectivity index (χ1v) is 4.48.